The van der Waals surface area contributed by atoms with Gasteiger partial charge >= 0.3 is 0 Å². The van der Waals surface area contributed by atoms with Crippen LogP contribution in [-0.2, 0) is 44.7 Å². The number of rotatable bonds is 23. The molecule has 0 radical (unpaired) electrons. The molecule has 0 bridgehead atoms. The normalized spacial score (nSPS) is 16.9. The zero-order valence-corrected chi connectivity index (χ0v) is 41.8. The van der Waals surface area contributed by atoms with Crippen LogP contribution in [0.3, 0.4) is 0 Å². The minimum Gasteiger partial charge on any atom is -0.508 e. The Labute approximate surface area is 435 Å². The van der Waals surface area contributed by atoms with Gasteiger partial charge in [-0.2, -0.15) is 0 Å². The average molecular weight is 1050 g/mol. The van der Waals surface area contributed by atoms with Gasteiger partial charge in [-0.25, -0.2) is 9.37 Å². The molecule has 392 valence electrons. The van der Waals surface area contributed by atoms with E-state index in [-0.39, 0.29) is 73.0 Å². The summed E-state index contributed by atoms with van der Waals surface area (Å²) in [6.45, 7) is 5.60. The first-order valence-electron chi connectivity index (χ1n) is 24.8. The number of carbonyl (C=O) groups excluding carboxylic acids is 7. The number of phenolic OH excluding ortho intramolecular Hbond substituents is 1. The first kappa shape index (κ1) is 52.4. The van der Waals surface area contributed by atoms with E-state index in [0.29, 0.717) is 101 Å². The second-order valence-corrected chi connectivity index (χ2v) is 19.1. The van der Waals surface area contributed by atoms with Gasteiger partial charge in [-0.3, -0.25) is 43.8 Å². The molecular weight excluding hydrogens is 990 g/mol. The minimum absolute atomic E-state index is 0.0248. The Balaban J connectivity index is 0.623. The molecule has 0 spiro atoms. The van der Waals surface area contributed by atoms with E-state index < -0.39 is 47.3 Å². The molecular formula is C54H56FN7O12S. The Bertz CT molecular complexity index is 2930. The highest BCUT2D eigenvalue weighted by molar-refractivity contribution is 7.13. The van der Waals surface area contributed by atoms with Crippen molar-refractivity contribution in [2.75, 3.05) is 101 Å². The third kappa shape index (κ3) is 12.2. The van der Waals surface area contributed by atoms with Crippen molar-refractivity contribution >= 4 is 68.9 Å². The molecule has 75 heavy (non-hydrogen) atoms. The van der Waals surface area contributed by atoms with Crippen LogP contribution in [0.4, 0.5) is 20.9 Å². The SMILES string of the molecule is O=C1CCC(N2C(=O)c3cccc(NCCOCCOCCOCCOCCC(=O)N4CCN(c5ccc(-c6ccc7c(c6)C(=O)N(C(C(=O)Nc6nccs6)c6cc(F)ccc6O)C7)cc5)CC4)c3C2=O)C(=O)C1. The number of Topliss-reactive ketones (excluding diaryl/α,β-unsaturated/α-hetero) is 2. The number of hydrogen-bond donors (Lipinski definition) is 3. The number of hydrogen-bond acceptors (Lipinski definition) is 16. The standard InChI is InChI=1S/C54H56FN7O12S/c55-37-8-13-45(64)42(31-37)49(50(67)58-54-57-16-29-75-54)61-33-36-5-4-35(30-41(36)51(61)68)34-6-9-38(10-7-34)59-17-19-60(20-18-59)47(66)14-21-71-23-25-73-27-28-74-26-24-72-22-15-56-43-3-1-2-40-48(43)53(70)62(52(40)69)44-12-11-39(63)32-46(44)65/h1-10,13,16,29-31,44,49,56,64H,11-12,14-15,17-28,32-33H2,(H,57,58,67). The molecule has 1 saturated heterocycles. The van der Waals surface area contributed by atoms with Gasteiger partial charge in [0.2, 0.25) is 5.91 Å². The number of benzene rings is 4. The van der Waals surface area contributed by atoms with Crippen LogP contribution >= 0.6 is 11.3 Å². The highest BCUT2D eigenvalue weighted by Crippen LogP contribution is 2.39. The van der Waals surface area contributed by atoms with E-state index in [1.54, 1.807) is 29.6 Å². The molecule has 3 aliphatic heterocycles. The maximum atomic E-state index is 14.4. The summed E-state index contributed by atoms with van der Waals surface area (Å²) >= 11 is 1.19. The topological polar surface area (TPSA) is 227 Å². The second-order valence-electron chi connectivity index (χ2n) is 18.2. The molecule has 4 aromatic carbocycles. The number of aromatic nitrogens is 1. The van der Waals surface area contributed by atoms with Gasteiger partial charge in [-0.15, -0.1) is 11.3 Å². The van der Waals surface area contributed by atoms with Crippen molar-refractivity contribution in [3.05, 3.63) is 124 Å². The molecule has 5 amide bonds. The van der Waals surface area contributed by atoms with Crippen molar-refractivity contribution < 1.29 is 62.0 Å². The molecule has 1 aliphatic carbocycles. The van der Waals surface area contributed by atoms with Crippen LogP contribution in [0.2, 0.25) is 0 Å². The second kappa shape index (κ2) is 24.3. The fourth-order valence-corrected chi connectivity index (χ4v) is 10.2. The van der Waals surface area contributed by atoms with Crippen molar-refractivity contribution in [2.45, 2.75) is 44.3 Å². The number of phenols is 1. The first-order chi connectivity index (χ1) is 36.4. The molecule has 21 heteroatoms. The third-order valence-electron chi connectivity index (χ3n) is 13.5. The van der Waals surface area contributed by atoms with E-state index in [2.05, 4.69) is 20.5 Å². The molecule has 9 rings (SSSR count). The van der Waals surface area contributed by atoms with Gasteiger partial charge in [0.25, 0.3) is 23.6 Å². The number of carbonyl (C=O) groups is 7. The highest BCUT2D eigenvalue weighted by atomic mass is 32.1. The lowest BCUT2D eigenvalue weighted by Crippen LogP contribution is -2.49. The van der Waals surface area contributed by atoms with Gasteiger partial charge in [0.05, 0.1) is 82.9 Å². The first-order valence-corrected chi connectivity index (χ1v) is 25.7. The molecule has 3 N–H and O–H groups in total. The van der Waals surface area contributed by atoms with Gasteiger partial charge in [0.1, 0.15) is 23.4 Å². The Morgan fingerprint density at radius 3 is 2.19 bits per heavy atom. The minimum atomic E-state index is -1.32. The van der Waals surface area contributed by atoms with Crippen molar-refractivity contribution in [3.63, 3.8) is 0 Å². The molecule has 5 aromatic rings. The predicted octanol–water partition coefficient (Wildman–Crippen LogP) is 5.49. The summed E-state index contributed by atoms with van der Waals surface area (Å²) in [6.07, 6.45) is 1.83. The van der Waals surface area contributed by atoms with E-state index in [0.717, 1.165) is 39.9 Å². The summed E-state index contributed by atoms with van der Waals surface area (Å²) in [5.74, 6) is -3.66. The lowest BCUT2D eigenvalue weighted by molar-refractivity contribution is -0.133. The maximum absolute atomic E-state index is 14.4. The number of imide groups is 1. The van der Waals surface area contributed by atoms with Crippen LogP contribution in [0.1, 0.15) is 73.9 Å². The summed E-state index contributed by atoms with van der Waals surface area (Å²) in [6, 6.07) is 19.5. The van der Waals surface area contributed by atoms with Crippen molar-refractivity contribution in [1.29, 1.82) is 0 Å². The lowest BCUT2D eigenvalue weighted by Gasteiger charge is -2.36. The molecule has 2 atom stereocenters. The Kier molecular flexibility index (Phi) is 17.0. The maximum Gasteiger partial charge on any atom is 0.264 e. The number of thiazole rings is 1. The fourth-order valence-electron chi connectivity index (χ4n) is 9.65. The monoisotopic (exact) mass is 1050 g/mol. The van der Waals surface area contributed by atoms with E-state index in [1.165, 1.54) is 22.4 Å². The quantitative estimate of drug-likeness (QED) is 0.0418. The van der Waals surface area contributed by atoms with E-state index in [4.69, 9.17) is 18.9 Å². The molecule has 4 heterocycles. The van der Waals surface area contributed by atoms with E-state index >= 15 is 0 Å². The predicted molar refractivity (Wildman–Crippen MR) is 273 cm³/mol. The molecule has 2 unspecified atom stereocenters. The third-order valence-corrected chi connectivity index (χ3v) is 14.2. The number of aromatic hydroxyl groups is 1. The Hall–Kier alpha value is -7.43. The molecule has 19 nitrogen and oxygen atoms in total. The molecule has 2 fully saturated rings. The van der Waals surface area contributed by atoms with Crippen LogP contribution in [0.15, 0.2) is 90.4 Å². The van der Waals surface area contributed by atoms with Crippen molar-refractivity contribution in [1.82, 2.24) is 19.7 Å². The smallest absolute Gasteiger partial charge is 0.264 e. The van der Waals surface area contributed by atoms with Crippen LogP contribution in [0.5, 0.6) is 5.75 Å². The largest absolute Gasteiger partial charge is 0.508 e. The molecule has 1 saturated carbocycles. The summed E-state index contributed by atoms with van der Waals surface area (Å²) in [5.41, 5.74) is 4.67. The number of anilines is 3. The van der Waals surface area contributed by atoms with E-state index in [9.17, 15) is 43.1 Å². The number of nitrogens with one attached hydrogen (secondary N) is 2. The highest BCUT2D eigenvalue weighted by Gasteiger charge is 2.45. The number of ether oxygens (including phenoxy) is 4. The number of piperazine rings is 1. The zero-order valence-electron chi connectivity index (χ0n) is 41.0. The van der Waals surface area contributed by atoms with Crippen LogP contribution in [0.25, 0.3) is 11.1 Å². The lowest BCUT2D eigenvalue weighted by atomic mass is 9.92. The van der Waals surface area contributed by atoms with Crippen LogP contribution in [0, 0.1) is 5.82 Å². The number of ketones is 2. The van der Waals surface area contributed by atoms with Gasteiger partial charge < -0.3 is 44.1 Å². The fraction of sp³-hybridized carbons (Fsp3) is 0.370. The average Bonchev–Trinajstić information content (AvgIpc) is 4.12. The van der Waals surface area contributed by atoms with Crippen molar-refractivity contribution in [3.8, 4) is 16.9 Å². The Morgan fingerprint density at radius 1 is 0.773 bits per heavy atom. The zero-order chi connectivity index (χ0) is 52.4. The van der Waals surface area contributed by atoms with E-state index in [1.807, 2.05) is 41.3 Å². The van der Waals surface area contributed by atoms with Crippen molar-refractivity contribution in [2.24, 2.45) is 0 Å². The van der Waals surface area contributed by atoms with Crippen LogP contribution < -0.4 is 15.5 Å². The van der Waals surface area contributed by atoms with Gasteiger partial charge in [-0.1, -0.05) is 30.3 Å². The van der Waals surface area contributed by atoms with Crippen LogP contribution in [-0.4, -0.2) is 158 Å². The Morgan fingerprint density at radius 2 is 1.48 bits per heavy atom. The number of fused-ring (bicyclic) bond motifs is 2. The molecule has 4 aliphatic rings. The van der Waals surface area contributed by atoms with Gasteiger partial charge in [0.15, 0.2) is 10.9 Å². The molecule has 1 aromatic heterocycles. The summed E-state index contributed by atoms with van der Waals surface area (Å²) in [5, 5.41) is 18.5. The number of halogens is 1. The van der Waals surface area contributed by atoms with Gasteiger partial charge in [-0.05, 0) is 71.6 Å². The van der Waals surface area contributed by atoms with Gasteiger partial charge in [0, 0.05) is 79.8 Å². The summed E-state index contributed by atoms with van der Waals surface area (Å²) in [4.78, 5) is 102. The summed E-state index contributed by atoms with van der Waals surface area (Å²) in [7, 11) is 0. The number of nitrogens with zero attached hydrogens (tertiary/aromatic N) is 5. The number of amides is 5. The summed E-state index contributed by atoms with van der Waals surface area (Å²) < 4.78 is 36.9.